The van der Waals surface area contributed by atoms with Crippen LogP contribution in [0.15, 0.2) is 23.8 Å². The Balaban J connectivity index is 2.08. The van der Waals surface area contributed by atoms with Crippen molar-refractivity contribution in [2.75, 3.05) is 39.6 Å². The zero-order valence-electron chi connectivity index (χ0n) is 20.7. The maximum absolute atomic E-state index is 12.2. The predicted octanol–water partition coefficient (Wildman–Crippen LogP) is 0.932. The molecule has 0 fully saturated rings. The van der Waals surface area contributed by atoms with Crippen LogP contribution in [0.5, 0.6) is 0 Å². The number of aliphatic hydroxyl groups is 2. The zero-order chi connectivity index (χ0) is 26.8. The van der Waals surface area contributed by atoms with Crippen LogP contribution in [0.4, 0.5) is 0 Å². The highest BCUT2D eigenvalue weighted by Gasteiger charge is 2.21. The molecule has 12 nitrogen and oxygen atoms in total. The number of esters is 4. The van der Waals surface area contributed by atoms with Crippen molar-refractivity contribution in [2.24, 2.45) is 5.92 Å². The third kappa shape index (κ3) is 15.2. The molecule has 0 saturated carbocycles. The second kappa shape index (κ2) is 18.5. The number of hydrogen-bond acceptors (Lipinski definition) is 12. The molecule has 1 aliphatic carbocycles. The Morgan fingerprint density at radius 1 is 0.861 bits per heavy atom. The average Bonchev–Trinajstić information content (AvgIpc) is 2.84. The summed E-state index contributed by atoms with van der Waals surface area (Å²) in [7, 11) is 0. The van der Waals surface area contributed by atoms with Crippen LogP contribution in [0.3, 0.4) is 0 Å². The van der Waals surface area contributed by atoms with E-state index < -0.39 is 42.4 Å². The number of allylic oxidation sites excluding steroid dienone is 1. The molecule has 0 saturated heterocycles. The van der Waals surface area contributed by atoms with Crippen LogP contribution in [-0.4, -0.2) is 86.3 Å². The normalized spacial score (nSPS) is 16.4. The first-order valence-corrected chi connectivity index (χ1v) is 11.8. The van der Waals surface area contributed by atoms with E-state index in [0.29, 0.717) is 31.3 Å². The summed E-state index contributed by atoms with van der Waals surface area (Å²) in [6, 6.07) is 0. The minimum Gasteiger partial charge on any atom is -0.463 e. The Morgan fingerprint density at radius 3 is 2.08 bits per heavy atom. The van der Waals surface area contributed by atoms with Crippen LogP contribution in [0.25, 0.3) is 0 Å². The average molecular weight is 517 g/mol. The van der Waals surface area contributed by atoms with Gasteiger partial charge >= 0.3 is 23.9 Å². The van der Waals surface area contributed by atoms with E-state index in [1.54, 1.807) is 18.2 Å². The number of unbranched alkanes of at least 4 members (excludes halogenated alkanes) is 1. The lowest BCUT2D eigenvalue weighted by molar-refractivity contribution is -0.154. The van der Waals surface area contributed by atoms with Crippen molar-refractivity contribution >= 4 is 23.9 Å². The molecule has 0 aromatic heterocycles. The SMILES string of the molecule is CC(=O)OCCOC(O)CCCCC(=O)OCCOC(=O)C1C=CC(C(O)OCCOC(C)=O)=CC1. The number of carbonyl (C=O) groups excluding carboxylic acids is 4. The van der Waals surface area contributed by atoms with E-state index in [1.165, 1.54) is 13.8 Å². The van der Waals surface area contributed by atoms with E-state index >= 15 is 0 Å². The van der Waals surface area contributed by atoms with E-state index in [9.17, 15) is 29.4 Å². The Morgan fingerprint density at radius 2 is 1.47 bits per heavy atom. The summed E-state index contributed by atoms with van der Waals surface area (Å²) in [6.45, 7) is 2.62. The molecule has 0 radical (unpaired) electrons. The Bertz CT molecular complexity index is 760. The van der Waals surface area contributed by atoms with Crippen LogP contribution in [0.1, 0.15) is 46.0 Å². The number of hydrogen-bond donors (Lipinski definition) is 2. The number of carbonyl (C=O) groups is 4. The molecule has 0 aromatic carbocycles. The number of aliphatic hydroxyl groups excluding tert-OH is 2. The summed E-state index contributed by atoms with van der Waals surface area (Å²) in [6.07, 6.45) is 4.43. The fraction of sp³-hybridized carbons (Fsp3) is 0.667. The fourth-order valence-electron chi connectivity index (χ4n) is 2.95. The Kier molecular flexibility index (Phi) is 16.0. The lowest BCUT2D eigenvalue weighted by Crippen LogP contribution is -2.23. The van der Waals surface area contributed by atoms with Crippen LogP contribution in [-0.2, 0) is 47.6 Å². The van der Waals surface area contributed by atoms with Gasteiger partial charge in [0, 0.05) is 25.8 Å². The van der Waals surface area contributed by atoms with Crippen molar-refractivity contribution in [3.8, 4) is 0 Å². The first-order valence-electron chi connectivity index (χ1n) is 11.8. The Labute approximate surface area is 210 Å². The molecule has 0 amide bonds. The second-order valence-electron chi connectivity index (χ2n) is 7.77. The van der Waals surface area contributed by atoms with Crippen LogP contribution in [0, 0.1) is 5.92 Å². The maximum Gasteiger partial charge on any atom is 0.313 e. The summed E-state index contributed by atoms with van der Waals surface area (Å²) in [5.74, 6) is -2.30. The van der Waals surface area contributed by atoms with Crippen molar-refractivity contribution in [2.45, 2.75) is 58.5 Å². The highest BCUT2D eigenvalue weighted by atomic mass is 16.6. The van der Waals surface area contributed by atoms with Gasteiger partial charge in [0.1, 0.15) is 26.4 Å². The maximum atomic E-state index is 12.2. The largest absolute Gasteiger partial charge is 0.463 e. The van der Waals surface area contributed by atoms with E-state index in [1.807, 2.05) is 0 Å². The van der Waals surface area contributed by atoms with Gasteiger partial charge in [-0.25, -0.2) is 0 Å². The smallest absolute Gasteiger partial charge is 0.313 e. The van der Waals surface area contributed by atoms with Crippen molar-refractivity contribution in [3.63, 3.8) is 0 Å². The third-order valence-electron chi connectivity index (χ3n) is 4.75. The van der Waals surface area contributed by atoms with Gasteiger partial charge in [-0.2, -0.15) is 0 Å². The van der Waals surface area contributed by atoms with E-state index in [-0.39, 0.29) is 46.1 Å². The first-order chi connectivity index (χ1) is 17.2. The summed E-state index contributed by atoms with van der Waals surface area (Å²) < 4.78 is 29.8. The van der Waals surface area contributed by atoms with Crippen molar-refractivity contribution in [3.05, 3.63) is 23.8 Å². The van der Waals surface area contributed by atoms with Crippen molar-refractivity contribution < 1.29 is 57.8 Å². The lowest BCUT2D eigenvalue weighted by Gasteiger charge is -2.19. The van der Waals surface area contributed by atoms with Gasteiger partial charge in [0.2, 0.25) is 0 Å². The van der Waals surface area contributed by atoms with Crippen molar-refractivity contribution in [1.29, 1.82) is 0 Å². The molecule has 36 heavy (non-hydrogen) atoms. The summed E-state index contributed by atoms with van der Waals surface area (Å²) in [5.41, 5.74) is 0.483. The molecule has 3 atom stereocenters. The molecular weight excluding hydrogens is 480 g/mol. The predicted molar refractivity (Wildman–Crippen MR) is 123 cm³/mol. The zero-order valence-corrected chi connectivity index (χ0v) is 20.7. The van der Waals surface area contributed by atoms with Gasteiger partial charge in [-0.15, -0.1) is 0 Å². The van der Waals surface area contributed by atoms with Gasteiger partial charge in [0.05, 0.1) is 19.1 Å². The minimum absolute atomic E-state index is 0.0290. The van der Waals surface area contributed by atoms with E-state index in [0.717, 1.165) is 0 Å². The van der Waals surface area contributed by atoms with E-state index in [4.69, 9.17) is 23.7 Å². The number of rotatable bonds is 18. The molecule has 1 rings (SSSR count). The Hall–Kier alpha value is -2.80. The molecule has 2 N–H and O–H groups in total. The van der Waals surface area contributed by atoms with Crippen molar-refractivity contribution in [1.82, 2.24) is 0 Å². The summed E-state index contributed by atoms with van der Waals surface area (Å²) in [5, 5.41) is 19.6. The van der Waals surface area contributed by atoms with Crippen LogP contribution >= 0.6 is 0 Å². The molecule has 0 aromatic rings. The minimum atomic E-state index is -1.20. The van der Waals surface area contributed by atoms with Crippen LogP contribution in [0.2, 0.25) is 0 Å². The fourth-order valence-corrected chi connectivity index (χ4v) is 2.95. The van der Waals surface area contributed by atoms with Gasteiger partial charge in [0.15, 0.2) is 12.6 Å². The molecule has 0 spiro atoms. The lowest BCUT2D eigenvalue weighted by atomic mass is 9.96. The standard InChI is InChI=1S/C24H36O12/c1-17(25)31-11-13-33-21(27)5-3-4-6-22(28)34-14-16-36-24(30)20-9-7-19(8-10-20)23(29)35-15-12-32-18(2)26/h7-9,20-21,23,27,29H,3-6,10-16H2,1-2H3. The van der Waals surface area contributed by atoms with Gasteiger partial charge in [-0.05, 0) is 25.7 Å². The van der Waals surface area contributed by atoms with Gasteiger partial charge < -0.3 is 38.6 Å². The first kappa shape index (κ1) is 31.2. The van der Waals surface area contributed by atoms with Crippen LogP contribution < -0.4 is 0 Å². The second-order valence-corrected chi connectivity index (χ2v) is 7.77. The highest BCUT2D eigenvalue weighted by molar-refractivity contribution is 5.75. The summed E-state index contributed by atoms with van der Waals surface area (Å²) >= 11 is 0. The van der Waals surface area contributed by atoms with Gasteiger partial charge in [-0.1, -0.05) is 18.2 Å². The quantitative estimate of drug-likeness (QED) is 0.115. The van der Waals surface area contributed by atoms with E-state index in [2.05, 4.69) is 4.74 Å². The third-order valence-corrected chi connectivity index (χ3v) is 4.75. The summed E-state index contributed by atoms with van der Waals surface area (Å²) in [4.78, 5) is 45.2. The molecule has 3 unspecified atom stereocenters. The monoisotopic (exact) mass is 516 g/mol. The molecular formula is C24H36O12. The molecule has 12 heteroatoms. The highest BCUT2D eigenvalue weighted by Crippen LogP contribution is 2.20. The molecule has 1 aliphatic rings. The number of ether oxygens (including phenoxy) is 6. The van der Waals surface area contributed by atoms with Gasteiger partial charge in [0.25, 0.3) is 0 Å². The molecule has 0 bridgehead atoms. The topological polar surface area (TPSA) is 164 Å². The molecule has 0 heterocycles. The molecule has 204 valence electrons. The van der Waals surface area contributed by atoms with Gasteiger partial charge in [-0.3, -0.25) is 19.2 Å². The molecule has 0 aliphatic heterocycles.